The molecule has 0 heterocycles. The number of carbonyl (C=O) groups excluding carboxylic acids is 1. The van der Waals surface area contributed by atoms with Gasteiger partial charge in [0.25, 0.3) is 0 Å². The van der Waals surface area contributed by atoms with Gasteiger partial charge in [-0.2, -0.15) is 4.31 Å². The number of amides is 1. The maximum absolute atomic E-state index is 12.7. The van der Waals surface area contributed by atoms with Gasteiger partial charge in [0, 0.05) is 19.6 Å². The molecule has 0 aliphatic carbocycles. The fraction of sp³-hybridized carbons (Fsp3) is 0.409. The van der Waals surface area contributed by atoms with E-state index in [9.17, 15) is 13.2 Å². The summed E-state index contributed by atoms with van der Waals surface area (Å²) < 4.78 is 26.5. The average molecular weight is 403 g/mol. The first kappa shape index (κ1) is 22.1. The SMILES string of the molecule is CCCC(C(=O)NCc1ccc(S(=O)(=O)N(CC)CC)cc1)c1ccccc1. The molecule has 1 amide bonds. The molecule has 0 aromatic heterocycles. The van der Waals surface area contributed by atoms with E-state index in [-0.39, 0.29) is 16.7 Å². The lowest BCUT2D eigenvalue weighted by atomic mass is 9.93. The Balaban J connectivity index is 2.05. The van der Waals surface area contributed by atoms with Crippen molar-refractivity contribution in [2.24, 2.45) is 0 Å². The number of hydrogen-bond acceptors (Lipinski definition) is 3. The number of rotatable bonds is 10. The van der Waals surface area contributed by atoms with E-state index in [2.05, 4.69) is 12.2 Å². The highest BCUT2D eigenvalue weighted by Gasteiger charge is 2.22. The smallest absolute Gasteiger partial charge is 0.243 e. The molecule has 2 aromatic carbocycles. The minimum Gasteiger partial charge on any atom is -0.351 e. The Morgan fingerprint density at radius 3 is 2.11 bits per heavy atom. The summed E-state index contributed by atoms with van der Waals surface area (Å²) in [6.45, 7) is 6.97. The molecule has 1 atom stereocenters. The van der Waals surface area contributed by atoms with Crippen molar-refractivity contribution < 1.29 is 13.2 Å². The molecule has 0 fully saturated rings. The summed E-state index contributed by atoms with van der Waals surface area (Å²) in [7, 11) is -3.46. The van der Waals surface area contributed by atoms with Gasteiger partial charge in [0.15, 0.2) is 0 Å². The van der Waals surface area contributed by atoms with Crippen molar-refractivity contribution in [2.45, 2.75) is 51.0 Å². The Kier molecular flexibility index (Phi) is 8.20. The first-order valence-electron chi connectivity index (χ1n) is 9.85. The predicted molar refractivity (Wildman–Crippen MR) is 112 cm³/mol. The van der Waals surface area contributed by atoms with Crippen LogP contribution in [0.15, 0.2) is 59.5 Å². The molecule has 28 heavy (non-hydrogen) atoms. The molecule has 0 spiro atoms. The highest BCUT2D eigenvalue weighted by molar-refractivity contribution is 7.89. The van der Waals surface area contributed by atoms with Crippen molar-refractivity contribution in [3.63, 3.8) is 0 Å². The lowest BCUT2D eigenvalue weighted by Crippen LogP contribution is -2.30. The van der Waals surface area contributed by atoms with Crippen molar-refractivity contribution in [1.29, 1.82) is 0 Å². The molecule has 6 heteroatoms. The summed E-state index contributed by atoms with van der Waals surface area (Å²) in [6, 6.07) is 16.5. The van der Waals surface area contributed by atoms with Gasteiger partial charge < -0.3 is 5.32 Å². The lowest BCUT2D eigenvalue weighted by molar-refractivity contribution is -0.122. The summed E-state index contributed by atoms with van der Waals surface area (Å²) in [5.41, 5.74) is 1.89. The highest BCUT2D eigenvalue weighted by Crippen LogP contribution is 2.22. The van der Waals surface area contributed by atoms with Crippen molar-refractivity contribution in [1.82, 2.24) is 9.62 Å². The van der Waals surface area contributed by atoms with Gasteiger partial charge in [-0.1, -0.05) is 69.7 Å². The van der Waals surface area contributed by atoms with Crippen LogP contribution in [0, 0.1) is 0 Å². The van der Waals surface area contributed by atoms with E-state index in [1.165, 1.54) is 4.31 Å². The van der Waals surface area contributed by atoms with Gasteiger partial charge in [-0.3, -0.25) is 4.79 Å². The second-order valence-corrected chi connectivity index (χ2v) is 8.64. The first-order chi connectivity index (χ1) is 13.4. The lowest BCUT2D eigenvalue weighted by Gasteiger charge is -2.19. The van der Waals surface area contributed by atoms with Crippen LogP contribution in [0.4, 0.5) is 0 Å². The van der Waals surface area contributed by atoms with E-state index in [0.29, 0.717) is 19.6 Å². The van der Waals surface area contributed by atoms with Crippen molar-refractivity contribution in [2.75, 3.05) is 13.1 Å². The summed E-state index contributed by atoms with van der Waals surface area (Å²) in [5, 5.41) is 2.99. The van der Waals surface area contributed by atoms with E-state index in [1.807, 2.05) is 44.2 Å². The monoisotopic (exact) mass is 402 g/mol. The van der Waals surface area contributed by atoms with Crippen molar-refractivity contribution >= 4 is 15.9 Å². The van der Waals surface area contributed by atoms with Crippen LogP contribution in [-0.4, -0.2) is 31.7 Å². The van der Waals surface area contributed by atoms with Crippen LogP contribution in [0.5, 0.6) is 0 Å². The Morgan fingerprint density at radius 1 is 0.964 bits per heavy atom. The zero-order chi connectivity index (χ0) is 20.6. The van der Waals surface area contributed by atoms with Crippen LogP contribution in [0.25, 0.3) is 0 Å². The fourth-order valence-electron chi connectivity index (χ4n) is 3.23. The summed E-state index contributed by atoms with van der Waals surface area (Å²) in [5.74, 6) is -0.179. The van der Waals surface area contributed by atoms with Crippen LogP contribution < -0.4 is 5.32 Å². The molecule has 0 saturated carbocycles. The Bertz CT molecular complexity index is 845. The third-order valence-corrected chi connectivity index (χ3v) is 6.89. The Morgan fingerprint density at radius 2 is 1.57 bits per heavy atom. The molecule has 2 aromatic rings. The molecular formula is C22H30N2O3S. The number of benzene rings is 2. The predicted octanol–water partition coefficient (Wildman–Crippen LogP) is 3.92. The maximum Gasteiger partial charge on any atom is 0.243 e. The molecule has 0 bridgehead atoms. The minimum atomic E-state index is -3.46. The van der Waals surface area contributed by atoms with Crippen LogP contribution in [-0.2, 0) is 21.4 Å². The quantitative estimate of drug-likeness (QED) is 0.655. The van der Waals surface area contributed by atoms with Crippen LogP contribution in [0.2, 0.25) is 0 Å². The number of hydrogen-bond donors (Lipinski definition) is 1. The summed E-state index contributed by atoms with van der Waals surface area (Å²) >= 11 is 0. The van der Waals surface area contributed by atoms with Gasteiger partial charge in [0.1, 0.15) is 0 Å². The molecule has 152 valence electrons. The first-order valence-corrected chi connectivity index (χ1v) is 11.3. The van der Waals surface area contributed by atoms with E-state index in [1.54, 1.807) is 24.3 Å². The number of nitrogens with zero attached hydrogens (tertiary/aromatic N) is 1. The zero-order valence-electron chi connectivity index (χ0n) is 16.9. The second-order valence-electron chi connectivity index (χ2n) is 6.70. The molecule has 2 rings (SSSR count). The van der Waals surface area contributed by atoms with E-state index in [4.69, 9.17) is 0 Å². The van der Waals surface area contributed by atoms with Gasteiger partial charge >= 0.3 is 0 Å². The van der Waals surface area contributed by atoms with Crippen LogP contribution in [0.1, 0.15) is 50.7 Å². The molecule has 0 saturated heterocycles. The van der Waals surface area contributed by atoms with Crippen LogP contribution >= 0.6 is 0 Å². The molecule has 0 aliphatic heterocycles. The second kappa shape index (κ2) is 10.4. The van der Waals surface area contributed by atoms with Gasteiger partial charge in [-0.25, -0.2) is 8.42 Å². The fourth-order valence-corrected chi connectivity index (χ4v) is 4.69. The molecule has 1 N–H and O–H groups in total. The van der Waals surface area contributed by atoms with E-state index < -0.39 is 10.0 Å². The number of carbonyl (C=O) groups is 1. The molecule has 1 unspecified atom stereocenters. The van der Waals surface area contributed by atoms with Gasteiger partial charge in [-0.15, -0.1) is 0 Å². The minimum absolute atomic E-state index is 0.00658. The zero-order valence-corrected chi connectivity index (χ0v) is 17.7. The Hall–Kier alpha value is -2.18. The normalized spacial score (nSPS) is 12.7. The topological polar surface area (TPSA) is 66.5 Å². The maximum atomic E-state index is 12.7. The van der Waals surface area contributed by atoms with Gasteiger partial charge in [0.2, 0.25) is 15.9 Å². The van der Waals surface area contributed by atoms with Crippen LogP contribution in [0.3, 0.4) is 0 Å². The highest BCUT2D eigenvalue weighted by atomic mass is 32.2. The molecule has 0 aliphatic rings. The number of sulfonamides is 1. The van der Waals surface area contributed by atoms with Gasteiger partial charge in [0.05, 0.1) is 10.8 Å². The Labute approximate surface area is 168 Å². The van der Waals surface area contributed by atoms with Crippen molar-refractivity contribution in [3.8, 4) is 0 Å². The van der Waals surface area contributed by atoms with Gasteiger partial charge in [-0.05, 0) is 29.7 Å². The number of nitrogens with one attached hydrogen (secondary N) is 1. The largest absolute Gasteiger partial charge is 0.351 e. The molecule has 5 nitrogen and oxygen atoms in total. The average Bonchev–Trinajstić information content (AvgIpc) is 2.72. The van der Waals surface area contributed by atoms with Crippen molar-refractivity contribution in [3.05, 3.63) is 65.7 Å². The summed E-state index contributed by atoms with van der Waals surface area (Å²) in [4.78, 5) is 13.0. The molecule has 0 radical (unpaired) electrons. The third kappa shape index (κ3) is 5.42. The van der Waals surface area contributed by atoms with E-state index >= 15 is 0 Å². The standard InChI is InChI=1S/C22H30N2O3S/c1-4-10-21(19-11-8-7-9-12-19)22(25)23-17-18-13-15-20(16-14-18)28(26,27)24(5-2)6-3/h7-9,11-16,21H,4-6,10,17H2,1-3H3,(H,23,25). The summed E-state index contributed by atoms with van der Waals surface area (Å²) in [6.07, 6.45) is 1.71. The van der Waals surface area contributed by atoms with E-state index in [0.717, 1.165) is 24.0 Å². The third-order valence-electron chi connectivity index (χ3n) is 4.83. The molecular weight excluding hydrogens is 372 g/mol.